The number of carboxylic acid groups (broad SMARTS) is 1. The minimum Gasteiger partial charge on any atom is -0.481 e. The molecular weight excluding hydrogens is 270 g/mol. The Morgan fingerprint density at radius 2 is 2.11 bits per heavy atom. The molecule has 2 aromatic rings. The SMILES string of the molecule is COc1cc(Oc2ccc(C(=O)O)cc2Cl)ccn1. The quantitative estimate of drug-likeness (QED) is 0.930. The van der Waals surface area contributed by atoms with E-state index in [1.54, 1.807) is 12.1 Å². The van der Waals surface area contributed by atoms with Crippen molar-refractivity contribution < 1.29 is 19.4 Å². The fraction of sp³-hybridized carbons (Fsp3) is 0.0769. The topological polar surface area (TPSA) is 68.7 Å². The van der Waals surface area contributed by atoms with Gasteiger partial charge in [0.15, 0.2) is 0 Å². The van der Waals surface area contributed by atoms with Gasteiger partial charge < -0.3 is 14.6 Å². The number of carbonyl (C=O) groups is 1. The van der Waals surface area contributed by atoms with Crippen molar-refractivity contribution in [1.29, 1.82) is 0 Å². The van der Waals surface area contributed by atoms with Crippen LogP contribution in [0.3, 0.4) is 0 Å². The average Bonchev–Trinajstić information content (AvgIpc) is 2.41. The first-order chi connectivity index (χ1) is 9.10. The molecule has 1 N–H and O–H groups in total. The van der Waals surface area contributed by atoms with Crippen LogP contribution in [0, 0.1) is 0 Å². The van der Waals surface area contributed by atoms with E-state index in [0.29, 0.717) is 17.4 Å². The average molecular weight is 280 g/mol. The lowest BCUT2D eigenvalue weighted by molar-refractivity contribution is 0.0697. The number of methoxy groups -OCH3 is 1. The molecule has 0 aliphatic carbocycles. The highest BCUT2D eigenvalue weighted by Gasteiger charge is 2.09. The third-order valence-corrected chi connectivity index (χ3v) is 2.62. The lowest BCUT2D eigenvalue weighted by Crippen LogP contribution is -1.96. The number of rotatable bonds is 4. The minimum absolute atomic E-state index is 0.102. The van der Waals surface area contributed by atoms with Crippen molar-refractivity contribution in [3.05, 3.63) is 47.1 Å². The largest absolute Gasteiger partial charge is 0.481 e. The predicted octanol–water partition coefficient (Wildman–Crippen LogP) is 3.23. The van der Waals surface area contributed by atoms with Crippen LogP contribution in [0.2, 0.25) is 5.02 Å². The first-order valence-electron chi connectivity index (χ1n) is 5.31. The summed E-state index contributed by atoms with van der Waals surface area (Å²) >= 11 is 5.96. The third-order valence-electron chi connectivity index (χ3n) is 2.32. The van der Waals surface area contributed by atoms with E-state index < -0.39 is 5.97 Å². The Morgan fingerprint density at radius 3 is 2.74 bits per heavy atom. The molecule has 0 aliphatic heterocycles. The summed E-state index contributed by atoms with van der Waals surface area (Å²) in [6, 6.07) is 7.49. The van der Waals surface area contributed by atoms with E-state index >= 15 is 0 Å². The lowest BCUT2D eigenvalue weighted by atomic mass is 10.2. The van der Waals surface area contributed by atoms with Crippen LogP contribution in [-0.2, 0) is 0 Å². The van der Waals surface area contributed by atoms with Gasteiger partial charge in [-0.15, -0.1) is 0 Å². The number of carboxylic acids is 1. The van der Waals surface area contributed by atoms with Gasteiger partial charge in [0.2, 0.25) is 5.88 Å². The molecule has 6 heteroatoms. The second-order valence-corrected chi connectivity index (χ2v) is 3.99. The highest BCUT2D eigenvalue weighted by atomic mass is 35.5. The summed E-state index contributed by atoms with van der Waals surface area (Å²) in [4.78, 5) is 14.7. The maximum atomic E-state index is 10.8. The summed E-state index contributed by atoms with van der Waals surface area (Å²) < 4.78 is 10.5. The number of hydrogen-bond acceptors (Lipinski definition) is 4. The van der Waals surface area contributed by atoms with E-state index in [1.165, 1.54) is 31.5 Å². The fourth-order valence-electron chi connectivity index (χ4n) is 1.41. The van der Waals surface area contributed by atoms with E-state index in [1.807, 2.05) is 0 Å². The van der Waals surface area contributed by atoms with Gasteiger partial charge in [0, 0.05) is 12.3 Å². The van der Waals surface area contributed by atoms with Crippen LogP contribution in [0.4, 0.5) is 0 Å². The van der Waals surface area contributed by atoms with Crippen LogP contribution < -0.4 is 9.47 Å². The zero-order chi connectivity index (χ0) is 13.8. The number of aromatic carboxylic acids is 1. The van der Waals surface area contributed by atoms with Crippen molar-refractivity contribution in [2.45, 2.75) is 0 Å². The Kier molecular flexibility index (Phi) is 3.87. The van der Waals surface area contributed by atoms with Gasteiger partial charge in [-0.05, 0) is 24.3 Å². The number of benzene rings is 1. The Labute approximate surface area is 114 Å². The van der Waals surface area contributed by atoms with E-state index in [0.717, 1.165) is 0 Å². The Morgan fingerprint density at radius 1 is 1.32 bits per heavy atom. The number of hydrogen-bond donors (Lipinski definition) is 1. The number of halogens is 1. The number of aromatic nitrogens is 1. The molecule has 2 rings (SSSR count). The lowest BCUT2D eigenvalue weighted by Gasteiger charge is -2.08. The first-order valence-corrected chi connectivity index (χ1v) is 5.68. The summed E-state index contributed by atoms with van der Waals surface area (Å²) in [5.41, 5.74) is 0.102. The fourth-order valence-corrected chi connectivity index (χ4v) is 1.63. The molecule has 0 bridgehead atoms. The van der Waals surface area contributed by atoms with Crippen LogP contribution in [0.1, 0.15) is 10.4 Å². The van der Waals surface area contributed by atoms with Crippen molar-refractivity contribution in [2.75, 3.05) is 7.11 Å². The summed E-state index contributed by atoms with van der Waals surface area (Å²) in [7, 11) is 1.50. The maximum Gasteiger partial charge on any atom is 0.335 e. The summed E-state index contributed by atoms with van der Waals surface area (Å²) in [6.07, 6.45) is 1.54. The van der Waals surface area contributed by atoms with Crippen molar-refractivity contribution >= 4 is 17.6 Å². The van der Waals surface area contributed by atoms with Crippen LogP contribution in [-0.4, -0.2) is 23.2 Å². The van der Waals surface area contributed by atoms with E-state index in [-0.39, 0.29) is 10.6 Å². The molecule has 0 unspecified atom stereocenters. The van der Waals surface area contributed by atoms with Crippen molar-refractivity contribution in [3.8, 4) is 17.4 Å². The Bertz CT molecular complexity index is 615. The monoisotopic (exact) mass is 279 g/mol. The van der Waals surface area contributed by atoms with E-state index in [9.17, 15) is 4.79 Å². The van der Waals surface area contributed by atoms with Gasteiger partial charge in [0.25, 0.3) is 0 Å². The van der Waals surface area contributed by atoms with Crippen molar-refractivity contribution in [1.82, 2.24) is 4.98 Å². The molecule has 0 radical (unpaired) electrons. The summed E-state index contributed by atoms with van der Waals surface area (Å²) in [6.45, 7) is 0. The molecule has 5 nitrogen and oxygen atoms in total. The van der Waals surface area contributed by atoms with Gasteiger partial charge in [-0.3, -0.25) is 0 Å². The zero-order valence-electron chi connectivity index (χ0n) is 9.96. The highest BCUT2D eigenvalue weighted by molar-refractivity contribution is 6.32. The number of ether oxygens (including phenoxy) is 2. The van der Waals surface area contributed by atoms with Gasteiger partial charge >= 0.3 is 5.97 Å². The number of pyridine rings is 1. The maximum absolute atomic E-state index is 10.8. The molecule has 1 aromatic heterocycles. The normalized spacial score (nSPS) is 10.0. The standard InChI is InChI=1S/C13H10ClNO4/c1-18-12-7-9(4-5-15-12)19-11-3-2-8(13(16)17)6-10(11)14/h2-7H,1H3,(H,16,17). The molecule has 1 heterocycles. The van der Waals surface area contributed by atoms with E-state index in [2.05, 4.69) is 4.98 Å². The summed E-state index contributed by atoms with van der Waals surface area (Å²) in [5.74, 6) is 0.228. The van der Waals surface area contributed by atoms with E-state index in [4.69, 9.17) is 26.2 Å². The molecule has 0 saturated heterocycles. The van der Waals surface area contributed by atoms with Gasteiger partial charge in [-0.2, -0.15) is 0 Å². The highest BCUT2D eigenvalue weighted by Crippen LogP contribution is 2.30. The van der Waals surface area contributed by atoms with Crippen molar-refractivity contribution in [3.63, 3.8) is 0 Å². The third kappa shape index (κ3) is 3.14. The first kappa shape index (κ1) is 13.2. The molecule has 0 amide bonds. The van der Waals surface area contributed by atoms with Gasteiger partial charge in [0.1, 0.15) is 11.5 Å². The van der Waals surface area contributed by atoms with Crippen LogP contribution in [0.25, 0.3) is 0 Å². The van der Waals surface area contributed by atoms with Gasteiger partial charge in [0.05, 0.1) is 17.7 Å². The molecule has 0 saturated carbocycles. The minimum atomic E-state index is -1.04. The number of nitrogens with zero attached hydrogens (tertiary/aromatic N) is 1. The van der Waals surface area contributed by atoms with Crippen molar-refractivity contribution in [2.24, 2.45) is 0 Å². The van der Waals surface area contributed by atoms with Crippen LogP contribution in [0.15, 0.2) is 36.5 Å². The molecular formula is C13H10ClNO4. The molecule has 19 heavy (non-hydrogen) atoms. The molecule has 0 fully saturated rings. The molecule has 0 spiro atoms. The molecule has 0 aliphatic rings. The summed E-state index contributed by atoms with van der Waals surface area (Å²) in [5, 5.41) is 9.05. The van der Waals surface area contributed by atoms with Gasteiger partial charge in [-0.25, -0.2) is 9.78 Å². The predicted molar refractivity (Wildman–Crippen MR) is 69.3 cm³/mol. The molecule has 0 atom stereocenters. The molecule has 98 valence electrons. The van der Waals surface area contributed by atoms with Crippen LogP contribution in [0.5, 0.6) is 17.4 Å². The zero-order valence-corrected chi connectivity index (χ0v) is 10.7. The van der Waals surface area contributed by atoms with Gasteiger partial charge in [-0.1, -0.05) is 11.6 Å². The Balaban J connectivity index is 2.25. The second-order valence-electron chi connectivity index (χ2n) is 3.59. The smallest absolute Gasteiger partial charge is 0.335 e. The Hall–Kier alpha value is -2.27. The molecule has 1 aromatic carbocycles. The second kappa shape index (κ2) is 5.58. The van der Waals surface area contributed by atoms with Crippen LogP contribution >= 0.6 is 11.6 Å².